The average molecular weight is 287 g/mol. The predicted molar refractivity (Wildman–Crippen MR) is 71.8 cm³/mol. The van der Waals surface area contributed by atoms with Gasteiger partial charge in [0.05, 0.1) is 5.56 Å². The summed E-state index contributed by atoms with van der Waals surface area (Å²) in [6, 6.07) is 4.95. The fourth-order valence-corrected chi connectivity index (χ4v) is 2.48. The molecule has 2 rings (SSSR count). The van der Waals surface area contributed by atoms with Gasteiger partial charge in [0.1, 0.15) is 11.9 Å². The van der Waals surface area contributed by atoms with E-state index in [9.17, 15) is 13.2 Å². The topological polar surface area (TPSA) is 12.5 Å². The second-order valence-corrected chi connectivity index (χ2v) is 5.18. The largest absolute Gasteiger partial charge is 0.490 e. The summed E-state index contributed by atoms with van der Waals surface area (Å²) in [6.45, 7) is 5.26. The van der Waals surface area contributed by atoms with Crippen LogP contribution in [0.2, 0.25) is 0 Å². The van der Waals surface area contributed by atoms with Crippen LogP contribution in [0.4, 0.5) is 13.2 Å². The highest BCUT2D eigenvalue weighted by atomic mass is 19.4. The zero-order valence-corrected chi connectivity index (χ0v) is 11.6. The van der Waals surface area contributed by atoms with Gasteiger partial charge in [0.15, 0.2) is 0 Å². The van der Waals surface area contributed by atoms with Crippen LogP contribution in [0.3, 0.4) is 0 Å². The zero-order chi connectivity index (χ0) is 14.6. The van der Waals surface area contributed by atoms with Gasteiger partial charge in [-0.25, -0.2) is 0 Å². The first kappa shape index (κ1) is 15.2. The quantitative estimate of drug-likeness (QED) is 0.831. The van der Waals surface area contributed by atoms with Crippen LogP contribution in [0.25, 0.3) is 0 Å². The number of alkyl halides is 3. The number of halogens is 3. The molecule has 1 aromatic rings. The van der Waals surface area contributed by atoms with Gasteiger partial charge in [0, 0.05) is 13.1 Å². The number of ether oxygens (including phenoxy) is 1. The molecule has 5 heteroatoms. The lowest BCUT2D eigenvalue weighted by Crippen LogP contribution is -2.38. The summed E-state index contributed by atoms with van der Waals surface area (Å²) < 4.78 is 43.1. The lowest BCUT2D eigenvalue weighted by Gasteiger charge is -2.31. The molecular formula is C15H20F3NO. The van der Waals surface area contributed by atoms with Crippen molar-refractivity contribution in [2.75, 3.05) is 19.6 Å². The molecule has 0 aliphatic carbocycles. The van der Waals surface area contributed by atoms with Gasteiger partial charge in [0.2, 0.25) is 0 Å². The van der Waals surface area contributed by atoms with Gasteiger partial charge < -0.3 is 9.64 Å². The van der Waals surface area contributed by atoms with Gasteiger partial charge in [-0.2, -0.15) is 13.2 Å². The minimum atomic E-state index is -4.29. The third-order valence-corrected chi connectivity index (χ3v) is 3.56. The number of rotatable bonds is 4. The van der Waals surface area contributed by atoms with Crippen LogP contribution in [0.1, 0.15) is 31.7 Å². The first-order valence-corrected chi connectivity index (χ1v) is 7.05. The molecule has 0 spiro atoms. The summed E-state index contributed by atoms with van der Waals surface area (Å²) in [6.07, 6.45) is -1.17. The number of benzene rings is 1. The molecule has 1 aliphatic rings. The van der Waals surface area contributed by atoms with Crippen molar-refractivity contribution in [1.29, 1.82) is 0 Å². The number of likely N-dealkylation sites (tertiary alicyclic amines) is 1. The number of piperidine rings is 1. The summed E-state index contributed by atoms with van der Waals surface area (Å²) >= 11 is 0. The number of hydrogen-bond acceptors (Lipinski definition) is 2. The third-order valence-electron chi connectivity index (χ3n) is 3.56. The molecule has 0 saturated carbocycles. The van der Waals surface area contributed by atoms with Crippen molar-refractivity contribution < 1.29 is 17.9 Å². The molecule has 0 radical (unpaired) electrons. The van der Waals surface area contributed by atoms with Gasteiger partial charge in [0.25, 0.3) is 0 Å². The molecule has 0 unspecified atom stereocenters. The lowest BCUT2D eigenvalue weighted by molar-refractivity contribution is -0.137. The van der Waals surface area contributed by atoms with E-state index in [2.05, 4.69) is 11.8 Å². The molecule has 1 fully saturated rings. The van der Waals surface area contributed by atoms with E-state index >= 15 is 0 Å². The van der Waals surface area contributed by atoms with Crippen LogP contribution in [0, 0.1) is 0 Å². The van der Waals surface area contributed by atoms with Crippen LogP contribution in [0.15, 0.2) is 24.3 Å². The SMILES string of the molecule is CCCN1CCC(Oc2ccc(C(F)(F)F)cc2)CC1. The first-order valence-electron chi connectivity index (χ1n) is 7.05. The molecule has 112 valence electrons. The van der Waals surface area contributed by atoms with Gasteiger partial charge in [-0.05, 0) is 50.1 Å². The molecule has 0 amide bonds. The molecule has 0 aromatic heterocycles. The lowest BCUT2D eigenvalue weighted by atomic mass is 10.1. The first-order chi connectivity index (χ1) is 9.49. The standard InChI is InChI=1S/C15H20F3NO/c1-2-9-19-10-7-14(8-11-19)20-13-5-3-12(4-6-13)15(16,17)18/h3-6,14H,2,7-11H2,1H3. The Morgan fingerprint density at radius 1 is 1.15 bits per heavy atom. The van der Waals surface area contributed by atoms with Crippen molar-refractivity contribution in [3.63, 3.8) is 0 Å². The maximum Gasteiger partial charge on any atom is 0.416 e. The Hall–Kier alpha value is -1.23. The zero-order valence-electron chi connectivity index (χ0n) is 11.6. The summed E-state index contributed by atoms with van der Waals surface area (Å²) in [5.41, 5.74) is -0.636. The Morgan fingerprint density at radius 2 is 1.75 bits per heavy atom. The van der Waals surface area contributed by atoms with Crippen molar-refractivity contribution in [2.45, 2.75) is 38.5 Å². The van der Waals surface area contributed by atoms with E-state index in [0.29, 0.717) is 5.75 Å². The van der Waals surface area contributed by atoms with Gasteiger partial charge in [-0.1, -0.05) is 6.92 Å². The molecule has 1 aliphatic heterocycles. The molecule has 2 nitrogen and oxygen atoms in total. The number of nitrogens with zero attached hydrogens (tertiary/aromatic N) is 1. The van der Waals surface area contributed by atoms with Crippen LogP contribution in [-0.2, 0) is 6.18 Å². The Kier molecular flexibility index (Phi) is 4.91. The van der Waals surface area contributed by atoms with E-state index in [4.69, 9.17) is 4.74 Å². The Balaban J connectivity index is 1.85. The van der Waals surface area contributed by atoms with Crippen LogP contribution < -0.4 is 4.74 Å². The van der Waals surface area contributed by atoms with Gasteiger partial charge in [-0.15, -0.1) is 0 Å². The molecule has 0 atom stereocenters. The molecular weight excluding hydrogens is 267 g/mol. The normalized spacial score (nSPS) is 18.2. The molecule has 20 heavy (non-hydrogen) atoms. The van der Waals surface area contributed by atoms with E-state index in [1.807, 2.05) is 0 Å². The van der Waals surface area contributed by atoms with Crippen LogP contribution >= 0.6 is 0 Å². The minimum absolute atomic E-state index is 0.111. The summed E-state index contributed by atoms with van der Waals surface area (Å²) in [4.78, 5) is 2.40. The van der Waals surface area contributed by atoms with E-state index in [1.54, 1.807) is 0 Å². The van der Waals surface area contributed by atoms with Crippen LogP contribution in [-0.4, -0.2) is 30.6 Å². The Bertz CT molecular complexity index is 408. The van der Waals surface area contributed by atoms with E-state index < -0.39 is 11.7 Å². The van der Waals surface area contributed by atoms with Crippen molar-refractivity contribution in [2.24, 2.45) is 0 Å². The summed E-state index contributed by atoms with van der Waals surface area (Å²) in [7, 11) is 0. The van der Waals surface area contributed by atoms with E-state index in [1.165, 1.54) is 12.1 Å². The van der Waals surface area contributed by atoms with Crippen molar-refractivity contribution in [3.05, 3.63) is 29.8 Å². The second kappa shape index (κ2) is 6.48. The summed E-state index contributed by atoms with van der Waals surface area (Å²) in [5.74, 6) is 0.520. The van der Waals surface area contributed by atoms with E-state index in [0.717, 1.165) is 51.0 Å². The Labute approximate surface area is 117 Å². The van der Waals surface area contributed by atoms with Crippen LogP contribution in [0.5, 0.6) is 5.75 Å². The average Bonchev–Trinajstić information content (AvgIpc) is 2.41. The van der Waals surface area contributed by atoms with E-state index in [-0.39, 0.29) is 6.10 Å². The van der Waals surface area contributed by atoms with Crippen molar-refractivity contribution >= 4 is 0 Å². The van der Waals surface area contributed by atoms with Crippen molar-refractivity contribution in [3.8, 4) is 5.75 Å². The molecule has 1 aromatic carbocycles. The number of hydrogen-bond donors (Lipinski definition) is 0. The molecule has 0 N–H and O–H groups in total. The monoisotopic (exact) mass is 287 g/mol. The maximum absolute atomic E-state index is 12.4. The van der Waals surface area contributed by atoms with Crippen molar-refractivity contribution in [1.82, 2.24) is 4.90 Å². The minimum Gasteiger partial charge on any atom is -0.490 e. The predicted octanol–water partition coefficient (Wildman–Crippen LogP) is 3.96. The molecule has 0 bridgehead atoms. The second-order valence-electron chi connectivity index (χ2n) is 5.18. The summed E-state index contributed by atoms with van der Waals surface area (Å²) in [5, 5.41) is 0. The Morgan fingerprint density at radius 3 is 2.25 bits per heavy atom. The van der Waals surface area contributed by atoms with Gasteiger partial charge >= 0.3 is 6.18 Å². The third kappa shape index (κ3) is 4.13. The highest BCUT2D eigenvalue weighted by Crippen LogP contribution is 2.30. The van der Waals surface area contributed by atoms with Gasteiger partial charge in [-0.3, -0.25) is 0 Å². The molecule has 1 saturated heterocycles. The molecule has 1 heterocycles. The highest BCUT2D eigenvalue weighted by Gasteiger charge is 2.30. The highest BCUT2D eigenvalue weighted by molar-refractivity contribution is 5.29. The maximum atomic E-state index is 12.4. The fraction of sp³-hybridized carbons (Fsp3) is 0.600. The fourth-order valence-electron chi connectivity index (χ4n) is 2.48. The smallest absolute Gasteiger partial charge is 0.416 e.